The third kappa shape index (κ3) is 5.87. The van der Waals surface area contributed by atoms with Gasteiger partial charge in [0.1, 0.15) is 5.60 Å². The minimum absolute atomic E-state index is 0.00873. The SMILES string of the molecule is Cc1ccccc1CC(CO)(CNC(=O)OC(C)(C)C)C(C)C. The minimum atomic E-state index is -0.528. The summed E-state index contributed by atoms with van der Waals surface area (Å²) in [6, 6.07) is 8.16. The average molecular weight is 321 g/mol. The van der Waals surface area contributed by atoms with E-state index in [0.717, 1.165) is 0 Å². The molecule has 0 spiro atoms. The second-order valence-corrected chi connectivity index (χ2v) is 7.63. The summed E-state index contributed by atoms with van der Waals surface area (Å²) in [4.78, 5) is 11.9. The first kappa shape index (κ1) is 19.5. The minimum Gasteiger partial charge on any atom is -0.444 e. The molecule has 0 aliphatic heterocycles. The monoisotopic (exact) mass is 321 g/mol. The number of carbonyl (C=O) groups is 1. The Bertz CT molecular complexity index is 520. The van der Waals surface area contributed by atoms with Gasteiger partial charge in [0.05, 0.1) is 6.61 Å². The van der Waals surface area contributed by atoms with Gasteiger partial charge < -0.3 is 15.2 Å². The maximum atomic E-state index is 11.9. The zero-order valence-corrected chi connectivity index (χ0v) is 15.3. The molecule has 1 aromatic rings. The lowest BCUT2D eigenvalue weighted by Gasteiger charge is -2.37. The van der Waals surface area contributed by atoms with Gasteiger partial charge in [-0.15, -0.1) is 0 Å². The van der Waals surface area contributed by atoms with Crippen molar-refractivity contribution in [3.8, 4) is 0 Å². The van der Waals surface area contributed by atoms with E-state index >= 15 is 0 Å². The summed E-state index contributed by atoms with van der Waals surface area (Å²) in [5.74, 6) is 0.210. The second kappa shape index (κ2) is 7.82. The molecule has 1 rings (SSSR count). The highest BCUT2D eigenvalue weighted by atomic mass is 16.6. The molecule has 130 valence electrons. The van der Waals surface area contributed by atoms with E-state index in [-0.39, 0.29) is 12.5 Å². The van der Waals surface area contributed by atoms with E-state index in [1.54, 1.807) is 0 Å². The number of hydrogen-bond donors (Lipinski definition) is 2. The molecule has 0 aliphatic carbocycles. The molecular formula is C19H31NO3. The van der Waals surface area contributed by atoms with Crippen LogP contribution in [0.2, 0.25) is 0 Å². The van der Waals surface area contributed by atoms with E-state index in [2.05, 4.69) is 38.2 Å². The van der Waals surface area contributed by atoms with Crippen LogP contribution >= 0.6 is 0 Å². The summed E-state index contributed by atoms with van der Waals surface area (Å²) in [5.41, 5.74) is 1.45. The van der Waals surface area contributed by atoms with Gasteiger partial charge in [-0.3, -0.25) is 0 Å². The van der Waals surface area contributed by atoms with Gasteiger partial charge in [0, 0.05) is 12.0 Å². The largest absolute Gasteiger partial charge is 0.444 e. The predicted molar refractivity (Wildman–Crippen MR) is 93.5 cm³/mol. The highest BCUT2D eigenvalue weighted by Gasteiger charge is 2.34. The number of benzene rings is 1. The zero-order valence-electron chi connectivity index (χ0n) is 15.3. The molecular weight excluding hydrogens is 290 g/mol. The van der Waals surface area contributed by atoms with Crippen LogP contribution in [0.15, 0.2) is 24.3 Å². The van der Waals surface area contributed by atoms with Crippen molar-refractivity contribution in [2.24, 2.45) is 11.3 Å². The quantitative estimate of drug-likeness (QED) is 0.840. The Morgan fingerprint density at radius 3 is 2.35 bits per heavy atom. The Balaban J connectivity index is 2.87. The van der Waals surface area contributed by atoms with E-state index in [4.69, 9.17) is 4.74 Å². The Hall–Kier alpha value is -1.55. The van der Waals surface area contributed by atoms with Crippen LogP contribution in [0, 0.1) is 18.3 Å². The maximum absolute atomic E-state index is 11.9. The van der Waals surface area contributed by atoms with Gasteiger partial charge in [-0.25, -0.2) is 4.79 Å². The van der Waals surface area contributed by atoms with Crippen molar-refractivity contribution in [2.45, 2.75) is 53.6 Å². The summed E-state index contributed by atoms with van der Waals surface area (Å²) < 4.78 is 5.30. The van der Waals surface area contributed by atoms with E-state index < -0.39 is 17.1 Å². The molecule has 23 heavy (non-hydrogen) atoms. The molecule has 1 amide bonds. The average Bonchev–Trinajstić information content (AvgIpc) is 2.43. The lowest BCUT2D eigenvalue weighted by molar-refractivity contribution is 0.0394. The molecule has 0 bridgehead atoms. The first-order valence-electron chi connectivity index (χ1n) is 8.22. The van der Waals surface area contributed by atoms with Crippen molar-refractivity contribution < 1.29 is 14.6 Å². The summed E-state index contributed by atoms with van der Waals surface area (Å²) in [5, 5.41) is 12.9. The van der Waals surface area contributed by atoms with Gasteiger partial charge in [0.25, 0.3) is 0 Å². The van der Waals surface area contributed by atoms with Crippen LogP contribution in [0.5, 0.6) is 0 Å². The Morgan fingerprint density at radius 1 is 1.26 bits per heavy atom. The van der Waals surface area contributed by atoms with Crippen molar-refractivity contribution in [3.63, 3.8) is 0 Å². The first-order valence-corrected chi connectivity index (χ1v) is 8.22. The van der Waals surface area contributed by atoms with E-state index in [0.29, 0.717) is 13.0 Å². The fourth-order valence-corrected chi connectivity index (χ4v) is 2.52. The molecule has 1 aromatic carbocycles. The number of aliphatic hydroxyl groups is 1. The van der Waals surface area contributed by atoms with Gasteiger partial charge in [0.2, 0.25) is 0 Å². The standard InChI is InChI=1S/C19H31NO3/c1-14(2)19(13-21,11-16-10-8-7-9-15(16)3)12-20-17(22)23-18(4,5)6/h7-10,14,21H,11-13H2,1-6H3,(H,20,22). The van der Waals surface area contributed by atoms with Crippen molar-refractivity contribution in [2.75, 3.05) is 13.2 Å². The van der Waals surface area contributed by atoms with Gasteiger partial charge in [-0.2, -0.15) is 0 Å². The zero-order chi connectivity index (χ0) is 17.7. The van der Waals surface area contributed by atoms with E-state index in [1.807, 2.05) is 32.9 Å². The topological polar surface area (TPSA) is 58.6 Å². The Kier molecular flexibility index (Phi) is 6.63. The molecule has 0 fully saturated rings. The van der Waals surface area contributed by atoms with Crippen molar-refractivity contribution in [3.05, 3.63) is 35.4 Å². The maximum Gasteiger partial charge on any atom is 0.407 e. The molecule has 4 heteroatoms. The normalized spacial score (nSPS) is 14.4. The fourth-order valence-electron chi connectivity index (χ4n) is 2.52. The Morgan fingerprint density at radius 2 is 1.87 bits per heavy atom. The number of rotatable bonds is 6. The number of amides is 1. The molecule has 2 N–H and O–H groups in total. The smallest absolute Gasteiger partial charge is 0.407 e. The molecule has 0 saturated heterocycles. The summed E-state index contributed by atoms with van der Waals surface area (Å²) in [6.45, 7) is 12.1. The van der Waals surface area contributed by atoms with Crippen LogP contribution in [-0.4, -0.2) is 30.0 Å². The molecule has 4 nitrogen and oxygen atoms in total. The molecule has 0 heterocycles. The lowest BCUT2D eigenvalue weighted by atomic mass is 9.72. The molecule has 1 unspecified atom stereocenters. The number of ether oxygens (including phenoxy) is 1. The number of carbonyl (C=O) groups excluding carboxylic acids is 1. The second-order valence-electron chi connectivity index (χ2n) is 7.63. The van der Waals surface area contributed by atoms with Gasteiger partial charge in [-0.05, 0) is 51.2 Å². The van der Waals surface area contributed by atoms with Crippen molar-refractivity contribution in [1.82, 2.24) is 5.32 Å². The summed E-state index contributed by atoms with van der Waals surface area (Å²) >= 11 is 0. The van der Waals surface area contributed by atoms with Crippen molar-refractivity contribution in [1.29, 1.82) is 0 Å². The van der Waals surface area contributed by atoms with E-state index in [1.165, 1.54) is 11.1 Å². The first-order chi connectivity index (χ1) is 10.6. The number of aryl methyl sites for hydroxylation is 1. The fraction of sp³-hybridized carbons (Fsp3) is 0.632. The van der Waals surface area contributed by atoms with Crippen LogP contribution in [0.1, 0.15) is 45.7 Å². The Labute approximate surface area is 140 Å². The van der Waals surface area contributed by atoms with Crippen LogP contribution < -0.4 is 5.32 Å². The van der Waals surface area contributed by atoms with E-state index in [9.17, 15) is 9.90 Å². The lowest BCUT2D eigenvalue weighted by Crippen LogP contribution is -2.46. The summed E-state index contributed by atoms with van der Waals surface area (Å²) in [7, 11) is 0. The number of aliphatic hydroxyl groups excluding tert-OH is 1. The van der Waals surface area contributed by atoms with Gasteiger partial charge >= 0.3 is 6.09 Å². The number of nitrogens with one attached hydrogen (secondary N) is 1. The number of alkyl carbamates (subject to hydrolysis) is 1. The molecule has 0 radical (unpaired) electrons. The third-order valence-electron chi connectivity index (χ3n) is 4.33. The van der Waals surface area contributed by atoms with Crippen LogP contribution in [-0.2, 0) is 11.2 Å². The summed E-state index contributed by atoms with van der Waals surface area (Å²) in [6.07, 6.45) is 0.268. The van der Waals surface area contributed by atoms with Gasteiger partial charge in [0.15, 0.2) is 0 Å². The van der Waals surface area contributed by atoms with Gasteiger partial charge in [-0.1, -0.05) is 38.1 Å². The highest BCUT2D eigenvalue weighted by molar-refractivity contribution is 5.67. The van der Waals surface area contributed by atoms with Crippen LogP contribution in [0.3, 0.4) is 0 Å². The predicted octanol–water partition coefficient (Wildman–Crippen LogP) is 3.70. The number of hydrogen-bond acceptors (Lipinski definition) is 3. The van der Waals surface area contributed by atoms with Crippen LogP contribution in [0.4, 0.5) is 4.79 Å². The van der Waals surface area contributed by atoms with Crippen molar-refractivity contribution >= 4 is 6.09 Å². The van der Waals surface area contributed by atoms with Crippen LogP contribution in [0.25, 0.3) is 0 Å². The highest BCUT2D eigenvalue weighted by Crippen LogP contribution is 2.32. The molecule has 0 saturated carbocycles. The molecule has 0 aromatic heterocycles. The molecule has 0 aliphatic rings. The third-order valence-corrected chi connectivity index (χ3v) is 4.33. The molecule has 1 atom stereocenters.